The van der Waals surface area contributed by atoms with Crippen LogP contribution < -0.4 is 5.32 Å². The second kappa shape index (κ2) is 7.45. The molecule has 1 aromatic rings. The number of thiophene rings is 1. The minimum atomic E-state index is 0.726. The molecule has 1 atom stereocenters. The van der Waals surface area contributed by atoms with Crippen molar-refractivity contribution in [3.8, 4) is 0 Å². The van der Waals surface area contributed by atoms with Gasteiger partial charge in [0.05, 0.1) is 4.21 Å². The Hall–Kier alpha value is 0.01000. The highest BCUT2D eigenvalue weighted by molar-refractivity contribution is 8.01. The van der Waals surface area contributed by atoms with Crippen molar-refractivity contribution < 1.29 is 0 Å². The Morgan fingerprint density at radius 1 is 1.47 bits per heavy atom. The molecule has 0 radical (unpaired) electrons. The molecule has 0 aliphatic heterocycles. The van der Waals surface area contributed by atoms with Crippen LogP contribution in [0.1, 0.15) is 39.0 Å². The van der Waals surface area contributed by atoms with Crippen molar-refractivity contribution >= 4 is 23.1 Å². The van der Waals surface area contributed by atoms with Crippen molar-refractivity contribution in [3.63, 3.8) is 0 Å². The lowest BCUT2D eigenvalue weighted by molar-refractivity contribution is 0.388. The molecule has 2 rings (SSSR count). The summed E-state index contributed by atoms with van der Waals surface area (Å²) in [5.74, 6) is 2.17. The van der Waals surface area contributed by atoms with Gasteiger partial charge in [-0.2, -0.15) is 0 Å². The summed E-state index contributed by atoms with van der Waals surface area (Å²) in [7, 11) is 0. The fourth-order valence-electron chi connectivity index (χ4n) is 2.57. The topological polar surface area (TPSA) is 12.0 Å². The molecule has 1 heterocycles. The Bertz CT molecular complexity index is 291. The number of hydrogen-bond acceptors (Lipinski definition) is 3. The highest BCUT2D eigenvalue weighted by Crippen LogP contribution is 2.32. The molecule has 0 bridgehead atoms. The average Bonchev–Trinajstić information content (AvgIpc) is 3.01. The monoisotopic (exact) mass is 269 g/mol. The third-order valence-corrected chi connectivity index (χ3v) is 5.78. The number of rotatable bonds is 7. The van der Waals surface area contributed by atoms with Gasteiger partial charge in [-0.3, -0.25) is 0 Å². The second-order valence-corrected chi connectivity index (χ2v) is 7.12. The van der Waals surface area contributed by atoms with Gasteiger partial charge in [-0.05, 0) is 43.2 Å². The van der Waals surface area contributed by atoms with Crippen LogP contribution in [-0.2, 0) is 0 Å². The number of nitrogens with one attached hydrogen (secondary N) is 1. The Morgan fingerprint density at radius 3 is 2.94 bits per heavy atom. The summed E-state index contributed by atoms with van der Waals surface area (Å²) >= 11 is 3.89. The highest BCUT2D eigenvalue weighted by atomic mass is 32.2. The summed E-state index contributed by atoms with van der Waals surface area (Å²) < 4.78 is 1.46. The van der Waals surface area contributed by atoms with Gasteiger partial charge in [-0.25, -0.2) is 0 Å². The van der Waals surface area contributed by atoms with Crippen LogP contribution in [0.2, 0.25) is 0 Å². The van der Waals surface area contributed by atoms with Gasteiger partial charge in [0.15, 0.2) is 0 Å². The molecule has 0 spiro atoms. The van der Waals surface area contributed by atoms with E-state index in [9.17, 15) is 0 Å². The van der Waals surface area contributed by atoms with Crippen molar-refractivity contribution in [2.24, 2.45) is 5.92 Å². The molecule has 96 valence electrons. The second-order valence-electron chi connectivity index (χ2n) is 4.85. The van der Waals surface area contributed by atoms with Crippen LogP contribution in [0.5, 0.6) is 0 Å². The molecular formula is C14H23NS2. The normalized spacial score (nSPS) is 18.6. The van der Waals surface area contributed by atoms with Gasteiger partial charge in [0, 0.05) is 11.8 Å². The third-order valence-electron chi connectivity index (χ3n) is 3.53. The Balaban J connectivity index is 1.81. The van der Waals surface area contributed by atoms with Crippen molar-refractivity contribution in [1.29, 1.82) is 0 Å². The molecule has 17 heavy (non-hydrogen) atoms. The summed E-state index contributed by atoms with van der Waals surface area (Å²) in [6.45, 7) is 3.43. The van der Waals surface area contributed by atoms with E-state index in [1.54, 1.807) is 0 Å². The average molecular weight is 269 g/mol. The van der Waals surface area contributed by atoms with Crippen molar-refractivity contribution in [2.75, 3.05) is 12.3 Å². The zero-order valence-corrected chi connectivity index (χ0v) is 12.3. The zero-order chi connectivity index (χ0) is 11.9. The molecule has 1 saturated carbocycles. The van der Waals surface area contributed by atoms with Gasteiger partial charge in [0.25, 0.3) is 0 Å². The van der Waals surface area contributed by atoms with E-state index in [1.165, 1.54) is 48.6 Å². The molecule has 1 unspecified atom stereocenters. The van der Waals surface area contributed by atoms with Crippen LogP contribution in [-0.4, -0.2) is 18.3 Å². The molecule has 1 aliphatic rings. The molecule has 1 fully saturated rings. The highest BCUT2D eigenvalue weighted by Gasteiger charge is 2.24. The van der Waals surface area contributed by atoms with Crippen molar-refractivity contribution in [2.45, 2.75) is 49.3 Å². The maximum absolute atomic E-state index is 3.76. The van der Waals surface area contributed by atoms with Gasteiger partial charge in [-0.15, -0.1) is 23.1 Å². The predicted octanol–water partition coefficient (Wildman–Crippen LogP) is 4.40. The minimum Gasteiger partial charge on any atom is -0.313 e. The number of hydrogen-bond donors (Lipinski definition) is 1. The van der Waals surface area contributed by atoms with E-state index in [0.29, 0.717) is 0 Å². The first-order chi connectivity index (χ1) is 8.40. The lowest BCUT2D eigenvalue weighted by Crippen LogP contribution is -2.37. The summed E-state index contributed by atoms with van der Waals surface area (Å²) in [6.07, 6.45) is 7.00. The smallest absolute Gasteiger partial charge is 0.0599 e. The van der Waals surface area contributed by atoms with Gasteiger partial charge >= 0.3 is 0 Å². The van der Waals surface area contributed by atoms with E-state index in [-0.39, 0.29) is 0 Å². The number of thioether (sulfide) groups is 1. The molecule has 0 saturated heterocycles. The van der Waals surface area contributed by atoms with Gasteiger partial charge in [0.1, 0.15) is 0 Å². The van der Waals surface area contributed by atoms with E-state index >= 15 is 0 Å². The minimum absolute atomic E-state index is 0.726. The van der Waals surface area contributed by atoms with Gasteiger partial charge < -0.3 is 5.32 Å². The van der Waals surface area contributed by atoms with Crippen LogP contribution in [0.25, 0.3) is 0 Å². The molecule has 0 aromatic carbocycles. The SMILES string of the molecule is CCCNC(CSc1cccs1)C1CCCC1. The summed E-state index contributed by atoms with van der Waals surface area (Å²) in [5.41, 5.74) is 0. The van der Waals surface area contributed by atoms with Crippen LogP contribution >= 0.6 is 23.1 Å². The van der Waals surface area contributed by atoms with Crippen LogP contribution in [0.15, 0.2) is 21.7 Å². The van der Waals surface area contributed by atoms with Gasteiger partial charge in [0.2, 0.25) is 0 Å². The fourth-order valence-corrected chi connectivity index (χ4v) is 4.57. The summed E-state index contributed by atoms with van der Waals surface area (Å²) in [6, 6.07) is 5.11. The maximum atomic E-state index is 3.76. The van der Waals surface area contributed by atoms with E-state index in [4.69, 9.17) is 0 Å². The Kier molecular flexibility index (Phi) is 5.89. The molecular weight excluding hydrogens is 246 g/mol. The summed E-state index contributed by atoms with van der Waals surface area (Å²) in [5, 5.41) is 5.93. The standard InChI is InChI=1S/C14H23NS2/c1-2-9-15-13(12-6-3-4-7-12)11-17-14-8-5-10-16-14/h5,8,10,12-13,15H,2-4,6-7,9,11H2,1H3. The first kappa shape index (κ1) is 13.4. The summed E-state index contributed by atoms with van der Waals surface area (Å²) in [4.78, 5) is 0. The van der Waals surface area contributed by atoms with E-state index in [0.717, 1.165) is 12.0 Å². The van der Waals surface area contributed by atoms with Crippen LogP contribution in [0.4, 0.5) is 0 Å². The molecule has 0 amide bonds. The van der Waals surface area contributed by atoms with E-state index in [2.05, 4.69) is 29.8 Å². The van der Waals surface area contributed by atoms with Crippen LogP contribution in [0.3, 0.4) is 0 Å². The van der Waals surface area contributed by atoms with Crippen molar-refractivity contribution in [3.05, 3.63) is 17.5 Å². The Labute approximate surface area is 113 Å². The van der Waals surface area contributed by atoms with Crippen LogP contribution in [0, 0.1) is 5.92 Å². The van der Waals surface area contributed by atoms with Gasteiger partial charge in [-0.1, -0.05) is 25.8 Å². The Morgan fingerprint density at radius 2 is 2.29 bits per heavy atom. The zero-order valence-electron chi connectivity index (χ0n) is 10.7. The van der Waals surface area contributed by atoms with Crippen molar-refractivity contribution in [1.82, 2.24) is 5.32 Å². The molecule has 1 aromatic heterocycles. The molecule has 1 nitrogen and oxygen atoms in total. The lowest BCUT2D eigenvalue weighted by atomic mass is 10.00. The third kappa shape index (κ3) is 4.31. The first-order valence-corrected chi connectivity index (χ1v) is 8.66. The molecule has 3 heteroatoms. The molecule has 1 aliphatic carbocycles. The largest absolute Gasteiger partial charge is 0.313 e. The predicted molar refractivity (Wildman–Crippen MR) is 79.1 cm³/mol. The van der Waals surface area contributed by atoms with E-state index < -0.39 is 0 Å². The van der Waals surface area contributed by atoms with E-state index in [1.807, 2.05) is 23.1 Å². The lowest BCUT2D eigenvalue weighted by Gasteiger charge is -2.24. The maximum Gasteiger partial charge on any atom is 0.0599 e. The first-order valence-electron chi connectivity index (χ1n) is 6.80. The quantitative estimate of drug-likeness (QED) is 0.736. The fraction of sp³-hybridized carbons (Fsp3) is 0.714. The molecule has 1 N–H and O–H groups in total.